The molecule has 0 amide bonds. The molecule has 0 fully saturated rings. The summed E-state index contributed by atoms with van der Waals surface area (Å²) in [6.45, 7) is 5.60. The van der Waals surface area contributed by atoms with Gasteiger partial charge in [0, 0.05) is 10.3 Å². The molecule has 0 aromatic carbocycles. The summed E-state index contributed by atoms with van der Waals surface area (Å²) in [4.78, 5) is 0. The van der Waals surface area contributed by atoms with Crippen LogP contribution in [0.1, 0.15) is 6.92 Å². The van der Waals surface area contributed by atoms with Crippen LogP contribution in [0.5, 0.6) is 0 Å². The highest BCUT2D eigenvalue weighted by atomic mass is 127. The molecule has 1 atom stereocenters. The molecule has 0 spiro atoms. The highest BCUT2D eigenvalue weighted by Gasteiger charge is 1.87. The van der Waals surface area contributed by atoms with Crippen molar-refractivity contribution in [3.05, 3.63) is 6.92 Å². The molecule has 0 aliphatic rings. The maximum atomic E-state index is 3.77. The minimum Gasteiger partial charge on any atom is -0.106 e. The maximum absolute atomic E-state index is 3.77. The molecule has 0 rings (SSSR count). The van der Waals surface area contributed by atoms with Crippen LogP contribution < -0.4 is 0 Å². The van der Waals surface area contributed by atoms with Crippen LogP contribution in [0.25, 0.3) is 0 Å². The summed E-state index contributed by atoms with van der Waals surface area (Å²) in [5.74, 6) is 6.05. The van der Waals surface area contributed by atoms with Crippen molar-refractivity contribution < 1.29 is 0 Å². The van der Waals surface area contributed by atoms with Gasteiger partial charge in [0.05, 0.1) is 0 Å². The van der Waals surface area contributed by atoms with E-state index in [0.717, 1.165) is 4.43 Å². The van der Waals surface area contributed by atoms with E-state index >= 15 is 0 Å². The molecular weight excluding hydrogens is 199 g/mol. The molecular formula is C6H8I. The van der Waals surface area contributed by atoms with Crippen LogP contribution in [-0.2, 0) is 0 Å². The van der Waals surface area contributed by atoms with Crippen LogP contribution in [0.15, 0.2) is 0 Å². The van der Waals surface area contributed by atoms with Crippen molar-refractivity contribution in [1.82, 2.24) is 0 Å². The lowest BCUT2D eigenvalue weighted by Gasteiger charge is -1.90. The molecule has 0 heterocycles. The molecule has 1 heteroatoms. The molecule has 0 saturated heterocycles. The van der Waals surface area contributed by atoms with Crippen LogP contribution in [0.4, 0.5) is 0 Å². The molecule has 0 saturated carbocycles. The topological polar surface area (TPSA) is 0 Å². The number of hydrogen-bond acceptors (Lipinski definition) is 0. The quantitative estimate of drug-likeness (QED) is 0.350. The first-order valence-corrected chi connectivity index (χ1v) is 3.65. The summed E-state index contributed by atoms with van der Waals surface area (Å²) in [5, 5.41) is 0. The summed E-state index contributed by atoms with van der Waals surface area (Å²) in [7, 11) is 0. The normalized spacial score (nSPS) is 11.9. The van der Waals surface area contributed by atoms with Gasteiger partial charge in [0.15, 0.2) is 0 Å². The van der Waals surface area contributed by atoms with E-state index in [1.165, 1.54) is 0 Å². The summed E-state index contributed by atoms with van der Waals surface area (Å²) in [6.07, 6.45) is 0. The molecule has 0 aromatic heterocycles. The second-order valence-electron chi connectivity index (χ2n) is 1.25. The van der Waals surface area contributed by atoms with E-state index in [0.29, 0.717) is 5.92 Å². The first kappa shape index (κ1) is 7.29. The SMILES string of the molecule is [CH2]C(C#CC)CI. The standard InChI is InChI=1S/C6H8I/c1-3-4-6(2)5-7/h6H,2,5H2,1H3. The Morgan fingerprint density at radius 2 is 2.43 bits per heavy atom. The third kappa shape index (κ3) is 4.14. The minimum atomic E-state index is 0.325. The average Bonchev–Trinajstić information content (AvgIpc) is 1.68. The predicted molar refractivity (Wildman–Crippen MR) is 41.2 cm³/mol. The van der Waals surface area contributed by atoms with Gasteiger partial charge in [-0.25, -0.2) is 0 Å². The second-order valence-corrected chi connectivity index (χ2v) is 2.13. The number of halogens is 1. The average molecular weight is 207 g/mol. The Morgan fingerprint density at radius 3 is 2.57 bits per heavy atom. The molecule has 0 bridgehead atoms. The van der Waals surface area contributed by atoms with Crippen molar-refractivity contribution in [2.45, 2.75) is 6.92 Å². The van der Waals surface area contributed by atoms with E-state index in [4.69, 9.17) is 0 Å². The monoisotopic (exact) mass is 207 g/mol. The lowest BCUT2D eigenvalue weighted by atomic mass is 10.2. The van der Waals surface area contributed by atoms with Crippen molar-refractivity contribution in [3.63, 3.8) is 0 Å². The first-order chi connectivity index (χ1) is 3.31. The molecule has 0 nitrogen and oxygen atoms in total. The van der Waals surface area contributed by atoms with Gasteiger partial charge in [-0.05, 0) is 13.8 Å². The highest BCUT2D eigenvalue weighted by molar-refractivity contribution is 14.1. The highest BCUT2D eigenvalue weighted by Crippen LogP contribution is 1.95. The van der Waals surface area contributed by atoms with Gasteiger partial charge in [0.25, 0.3) is 0 Å². The van der Waals surface area contributed by atoms with E-state index in [-0.39, 0.29) is 0 Å². The zero-order chi connectivity index (χ0) is 5.70. The predicted octanol–water partition coefficient (Wildman–Crippen LogP) is 1.89. The van der Waals surface area contributed by atoms with E-state index in [2.05, 4.69) is 41.4 Å². The zero-order valence-corrected chi connectivity index (χ0v) is 6.53. The van der Waals surface area contributed by atoms with Crippen molar-refractivity contribution in [2.24, 2.45) is 5.92 Å². The summed E-state index contributed by atoms with van der Waals surface area (Å²) >= 11 is 2.27. The molecule has 0 aromatic rings. The molecule has 39 valence electrons. The first-order valence-electron chi connectivity index (χ1n) is 2.12. The van der Waals surface area contributed by atoms with Gasteiger partial charge >= 0.3 is 0 Å². The summed E-state index contributed by atoms with van der Waals surface area (Å²) in [6, 6.07) is 0. The van der Waals surface area contributed by atoms with Crippen molar-refractivity contribution in [2.75, 3.05) is 4.43 Å². The Morgan fingerprint density at radius 1 is 1.86 bits per heavy atom. The third-order valence-corrected chi connectivity index (χ3v) is 1.60. The third-order valence-electron chi connectivity index (χ3n) is 0.535. The Balaban J connectivity index is 3.29. The molecule has 1 unspecified atom stereocenters. The van der Waals surface area contributed by atoms with Crippen LogP contribution in [-0.4, -0.2) is 4.43 Å². The van der Waals surface area contributed by atoms with Gasteiger partial charge in [-0.1, -0.05) is 28.5 Å². The Kier molecular flexibility index (Phi) is 4.63. The van der Waals surface area contributed by atoms with E-state index in [1.54, 1.807) is 0 Å². The largest absolute Gasteiger partial charge is 0.106 e. The summed E-state index contributed by atoms with van der Waals surface area (Å²) < 4.78 is 1.03. The molecule has 7 heavy (non-hydrogen) atoms. The molecule has 1 radical (unpaired) electrons. The van der Waals surface area contributed by atoms with Crippen LogP contribution in [0, 0.1) is 24.7 Å². The van der Waals surface area contributed by atoms with Crippen LogP contribution in [0.3, 0.4) is 0 Å². The van der Waals surface area contributed by atoms with Gasteiger partial charge in [-0.15, -0.1) is 5.92 Å². The van der Waals surface area contributed by atoms with Gasteiger partial charge in [-0.3, -0.25) is 0 Å². The van der Waals surface area contributed by atoms with Crippen LogP contribution >= 0.6 is 22.6 Å². The number of rotatable bonds is 1. The van der Waals surface area contributed by atoms with Crippen molar-refractivity contribution >= 4 is 22.6 Å². The van der Waals surface area contributed by atoms with Gasteiger partial charge < -0.3 is 0 Å². The fraction of sp³-hybridized carbons (Fsp3) is 0.500. The smallest absolute Gasteiger partial charge is 0.0292 e. The Bertz CT molecular complexity index is 86.1. The fourth-order valence-corrected chi connectivity index (χ4v) is 0.463. The Hall–Kier alpha value is 0.290. The molecule has 0 aliphatic carbocycles. The lowest BCUT2D eigenvalue weighted by molar-refractivity contribution is 1.02. The minimum absolute atomic E-state index is 0.325. The second kappa shape index (κ2) is 4.45. The van der Waals surface area contributed by atoms with Crippen LogP contribution in [0.2, 0.25) is 0 Å². The van der Waals surface area contributed by atoms with E-state index < -0.39 is 0 Å². The maximum Gasteiger partial charge on any atom is 0.0292 e. The Labute approximate surface area is 58.8 Å². The van der Waals surface area contributed by atoms with Gasteiger partial charge in [0.1, 0.15) is 0 Å². The molecule has 0 N–H and O–H groups in total. The van der Waals surface area contributed by atoms with Crippen molar-refractivity contribution in [3.8, 4) is 11.8 Å². The summed E-state index contributed by atoms with van der Waals surface area (Å²) in [5.41, 5.74) is 0. The number of alkyl halides is 1. The van der Waals surface area contributed by atoms with Gasteiger partial charge in [-0.2, -0.15) is 0 Å². The lowest BCUT2D eigenvalue weighted by Crippen LogP contribution is -1.88. The van der Waals surface area contributed by atoms with Gasteiger partial charge in [0.2, 0.25) is 0 Å². The van der Waals surface area contributed by atoms with E-state index in [1.807, 2.05) is 6.92 Å². The number of hydrogen-bond donors (Lipinski definition) is 0. The van der Waals surface area contributed by atoms with E-state index in [9.17, 15) is 0 Å². The molecule has 0 aliphatic heterocycles. The fourth-order valence-electron chi connectivity index (χ4n) is 0.243. The zero-order valence-electron chi connectivity index (χ0n) is 4.37. The van der Waals surface area contributed by atoms with Crippen molar-refractivity contribution in [1.29, 1.82) is 0 Å².